The van der Waals surface area contributed by atoms with E-state index in [2.05, 4.69) is 53.4 Å². The van der Waals surface area contributed by atoms with Gasteiger partial charge in [0.05, 0.1) is 6.21 Å². The number of aromatic nitrogens is 3. The zero-order chi connectivity index (χ0) is 13.7. The van der Waals surface area contributed by atoms with Gasteiger partial charge in [-0.2, -0.15) is 14.9 Å². The molecule has 2 rings (SSSR count). The zero-order valence-corrected chi connectivity index (χ0v) is 12.1. The quantitative estimate of drug-likeness (QED) is 0.671. The van der Waals surface area contributed by atoms with Crippen LogP contribution in [0.15, 0.2) is 29.4 Å². The van der Waals surface area contributed by atoms with Gasteiger partial charge in [-0.15, -0.1) is 0 Å². The second-order valence-electron chi connectivity index (χ2n) is 4.35. The van der Waals surface area contributed by atoms with E-state index in [-0.39, 0.29) is 0 Å². The Morgan fingerprint density at radius 2 is 2.05 bits per heavy atom. The number of nitrogens with zero attached hydrogens (tertiary/aromatic N) is 3. The molecule has 1 aromatic carbocycles. The molecule has 100 valence electrons. The van der Waals surface area contributed by atoms with Crippen molar-refractivity contribution in [1.82, 2.24) is 14.9 Å². The second kappa shape index (κ2) is 6.43. The zero-order valence-electron chi connectivity index (χ0n) is 11.3. The molecule has 2 aromatic rings. The standard InChI is InChI=1S/C14H18N4S/c1-3-5-13-16-17-14(19)18(13)15-10-12-8-6-11(4-2)7-9-12/h6-10H,3-5H2,1-2H3,(H,17,19)/b15-10+. The van der Waals surface area contributed by atoms with Crippen molar-refractivity contribution in [3.8, 4) is 0 Å². The van der Waals surface area contributed by atoms with Crippen LogP contribution in [0.2, 0.25) is 0 Å². The fraction of sp³-hybridized carbons (Fsp3) is 0.357. The van der Waals surface area contributed by atoms with Crippen molar-refractivity contribution in [3.05, 3.63) is 46.0 Å². The van der Waals surface area contributed by atoms with E-state index in [1.54, 1.807) is 4.68 Å². The van der Waals surface area contributed by atoms with Gasteiger partial charge < -0.3 is 0 Å². The molecule has 1 N–H and O–H groups in total. The van der Waals surface area contributed by atoms with Crippen LogP contribution in [0.25, 0.3) is 0 Å². The highest BCUT2D eigenvalue weighted by Gasteiger charge is 2.02. The van der Waals surface area contributed by atoms with Gasteiger partial charge >= 0.3 is 0 Å². The maximum atomic E-state index is 5.17. The number of nitrogens with one attached hydrogen (secondary N) is 1. The third kappa shape index (κ3) is 3.38. The molecular weight excluding hydrogens is 256 g/mol. The monoisotopic (exact) mass is 274 g/mol. The number of aromatic amines is 1. The van der Waals surface area contributed by atoms with Crippen LogP contribution in [0, 0.1) is 4.77 Å². The Hall–Kier alpha value is -1.75. The molecule has 0 radical (unpaired) electrons. The molecule has 1 aromatic heterocycles. The molecule has 0 spiro atoms. The van der Waals surface area contributed by atoms with Crippen LogP contribution in [0.4, 0.5) is 0 Å². The summed E-state index contributed by atoms with van der Waals surface area (Å²) in [5.41, 5.74) is 2.38. The predicted molar refractivity (Wildman–Crippen MR) is 80.2 cm³/mol. The Bertz CT molecular complexity index is 607. The molecule has 0 fully saturated rings. The molecule has 4 nitrogen and oxygen atoms in total. The molecule has 0 amide bonds. The summed E-state index contributed by atoms with van der Waals surface area (Å²) in [7, 11) is 0. The van der Waals surface area contributed by atoms with Crippen LogP contribution in [0.1, 0.15) is 37.2 Å². The Morgan fingerprint density at radius 3 is 2.68 bits per heavy atom. The molecule has 0 saturated heterocycles. The summed E-state index contributed by atoms with van der Waals surface area (Å²) in [6, 6.07) is 8.35. The van der Waals surface area contributed by atoms with E-state index in [0.29, 0.717) is 4.77 Å². The first-order valence-corrected chi connectivity index (χ1v) is 6.95. The molecule has 19 heavy (non-hydrogen) atoms. The number of aryl methyl sites for hydroxylation is 2. The number of benzene rings is 1. The predicted octanol–water partition coefficient (Wildman–Crippen LogP) is 3.34. The molecule has 0 unspecified atom stereocenters. The van der Waals surface area contributed by atoms with E-state index in [4.69, 9.17) is 12.2 Å². The van der Waals surface area contributed by atoms with E-state index in [9.17, 15) is 0 Å². The lowest BCUT2D eigenvalue weighted by molar-refractivity contribution is 0.740. The fourth-order valence-electron chi connectivity index (χ4n) is 1.79. The van der Waals surface area contributed by atoms with Gasteiger partial charge in [-0.1, -0.05) is 38.1 Å². The van der Waals surface area contributed by atoms with Crippen LogP contribution >= 0.6 is 12.2 Å². The molecule has 0 bridgehead atoms. The van der Waals surface area contributed by atoms with Crippen LogP contribution in [0.3, 0.4) is 0 Å². The first-order valence-electron chi connectivity index (χ1n) is 6.54. The summed E-state index contributed by atoms with van der Waals surface area (Å²) >= 11 is 5.17. The average Bonchev–Trinajstić information content (AvgIpc) is 2.78. The summed E-state index contributed by atoms with van der Waals surface area (Å²) in [5, 5.41) is 11.4. The Kier molecular flexibility index (Phi) is 4.63. The molecule has 0 aliphatic carbocycles. The van der Waals surface area contributed by atoms with Gasteiger partial charge in [-0.25, -0.2) is 0 Å². The Balaban J connectivity index is 2.21. The lowest BCUT2D eigenvalue weighted by Crippen LogP contribution is -1.98. The van der Waals surface area contributed by atoms with Crippen molar-refractivity contribution in [3.63, 3.8) is 0 Å². The van der Waals surface area contributed by atoms with Gasteiger partial charge in [0, 0.05) is 6.42 Å². The Labute approximate surface area is 118 Å². The van der Waals surface area contributed by atoms with Crippen LogP contribution in [-0.2, 0) is 12.8 Å². The number of H-pyrrole nitrogens is 1. The normalized spacial score (nSPS) is 11.3. The van der Waals surface area contributed by atoms with Crippen molar-refractivity contribution in [2.24, 2.45) is 5.10 Å². The molecular formula is C14H18N4S. The number of hydrogen-bond acceptors (Lipinski definition) is 3. The molecule has 1 heterocycles. The van der Waals surface area contributed by atoms with E-state index in [0.717, 1.165) is 30.7 Å². The summed E-state index contributed by atoms with van der Waals surface area (Å²) in [6.45, 7) is 4.25. The summed E-state index contributed by atoms with van der Waals surface area (Å²) in [5.74, 6) is 0.869. The summed E-state index contributed by atoms with van der Waals surface area (Å²) in [6.07, 6.45) is 4.73. The van der Waals surface area contributed by atoms with Gasteiger partial charge in [0.2, 0.25) is 4.77 Å². The topological polar surface area (TPSA) is 46.0 Å². The van der Waals surface area contributed by atoms with Gasteiger partial charge in [-0.3, -0.25) is 5.10 Å². The van der Waals surface area contributed by atoms with Crippen molar-refractivity contribution < 1.29 is 0 Å². The molecule has 5 heteroatoms. The first kappa shape index (κ1) is 13.7. The second-order valence-corrected chi connectivity index (χ2v) is 4.73. The fourth-order valence-corrected chi connectivity index (χ4v) is 1.99. The molecule has 0 atom stereocenters. The van der Waals surface area contributed by atoms with Crippen LogP contribution < -0.4 is 0 Å². The van der Waals surface area contributed by atoms with E-state index in [1.165, 1.54) is 5.56 Å². The Morgan fingerprint density at radius 1 is 1.32 bits per heavy atom. The molecule has 0 saturated carbocycles. The summed E-state index contributed by atoms with van der Waals surface area (Å²) < 4.78 is 2.22. The van der Waals surface area contributed by atoms with Crippen LogP contribution in [-0.4, -0.2) is 21.1 Å². The number of hydrogen-bond donors (Lipinski definition) is 1. The highest BCUT2D eigenvalue weighted by atomic mass is 32.1. The minimum Gasteiger partial charge on any atom is -0.250 e. The lowest BCUT2D eigenvalue weighted by atomic mass is 10.1. The number of rotatable bonds is 5. The molecule has 0 aliphatic rings. The highest BCUT2D eigenvalue weighted by Crippen LogP contribution is 2.05. The van der Waals surface area contributed by atoms with Crippen molar-refractivity contribution in [2.75, 3.05) is 0 Å². The molecule has 0 aliphatic heterocycles. The van der Waals surface area contributed by atoms with E-state index < -0.39 is 0 Å². The van der Waals surface area contributed by atoms with Crippen molar-refractivity contribution in [2.45, 2.75) is 33.1 Å². The third-order valence-corrected chi connectivity index (χ3v) is 3.17. The lowest BCUT2D eigenvalue weighted by Gasteiger charge is -1.99. The minimum atomic E-state index is 0.532. The van der Waals surface area contributed by atoms with Gasteiger partial charge in [0.15, 0.2) is 5.82 Å². The maximum Gasteiger partial charge on any atom is 0.216 e. The maximum absolute atomic E-state index is 5.17. The third-order valence-electron chi connectivity index (χ3n) is 2.90. The van der Waals surface area contributed by atoms with Gasteiger partial charge in [0.1, 0.15) is 0 Å². The highest BCUT2D eigenvalue weighted by molar-refractivity contribution is 7.71. The van der Waals surface area contributed by atoms with Gasteiger partial charge in [-0.05, 0) is 36.2 Å². The summed E-state index contributed by atoms with van der Waals surface area (Å²) in [4.78, 5) is 0. The van der Waals surface area contributed by atoms with Gasteiger partial charge in [0.25, 0.3) is 0 Å². The van der Waals surface area contributed by atoms with Crippen molar-refractivity contribution in [1.29, 1.82) is 0 Å². The van der Waals surface area contributed by atoms with Crippen molar-refractivity contribution >= 4 is 18.4 Å². The average molecular weight is 274 g/mol. The smallest absolute Gasteiger partial charge is 0.216 e. The largest absolute Gasteiger partial charge is 0.250 e. The SMILES string of the molecule is CCCc1n[nH]c(=S)n1/N=C/c1ccc(CC)cc1. The van der Waals surface area contributed by atoms with E-state index in [1.807, 2.05) is 6.21 Å². The first-order chi connectivity index (χ1) is 9.24. The van der Waals surface area contributed by atoms with E-state index >= 15 is 0 Å². The van der Waals surface area contributed by atoms with Crippen LogP contribution in [0.5, 0.6) is 0 Å². The minimum absolute atomic E-state index is 0.532.